The zero-order valence-corrected chi connectivity index (χ0v) is 8.49. The number of nitrogens with zero attached hydrogens (tertiary/aromatic N) is 2. The summed E-state index contributed by atoms with van der Waals surface area (Å²) in [7, 11) is 0. The predicted octanol–water partition coefficient (Wildman–Crippen LogP) is 1.49. The Labute approximate surface area is 79.4 Å². The highest BCUT2D eigenvalue weighted by Crippen LogP contribution is 2.11. The van der Waals surface area contributed by atoms with E-state index in [0.717, 1.165) is 17.8 Å². The molecule has 2 N–H and O–H groups in total. The van der Waals surface area contributed by atoms with Crippen molar-refractivity contribution >= 4 is 0 Å². The van der Waals surface area contributed by atoms with E-state index in [-0.39, 0.29) is 6.04 Å². The number of hydrogen-bond donors (Lipinski definition) is 1. The molecule has 0 spiro atoms. The molecule has 0 aliphatic carbocycles. The van der Waals surface area contributed by atoms with Crippen LogP contribution >= 0.6 is 0 Å². The van der Waals surface area contributed by atoms with Crippen LogP contribution in [0.1, 0.15) is 38.1 Å². The largest absolute Gasteiger partial charge is 0.328 e. The molecule has 3 heteroatoms. The topological polar surface area (TPSA) is 51.8 Å². The summed E-state index contributed by atoms with van der Waals surface area (Å²) in [5.41, 5.74) is 7.81. The Morgan fingerprint density at radius 3 is 2.54 bits per heavy atom. The van der Waals surface area contributed by atoms with Crippen LogP contribution in [0.2, 0.25) is 0 Å². The molecule has 1 unspecified atom stereocenters. The Kier molecular flexibility index (Phi) is 3.37. The lowest BCUT2D eigenvalue weighted by Gasteiger charge is -2.07. The molecule has 0 bridgehead atoms. The van der Waals surface area contributed by atoms with E-state index in [4.69, 9.17) is 5.73 Å². The Hall–Kier alpha value is -0.960. The second-order valence-corrected chi connectivity index (χ2v) is 3.77. The van der Waals surface area contributed by atoms with Gasteiger partial charge in [-0.3, -0.25) is 0 Å². The van der Waals surface area contributed by atoms with Crippen LogP contribution in [0.15, 0.2) is 12.4 Å². The van der Waals surface area contributed by atoms with E-state index in [2.05, 4.69) is 23.8 Å². The monoisotopic (exact) mass is 179 g/mol. The molecule has 0 radical (unpaired) electrons. The molecule has 0 aliphatic rings. The normalized spacial score (nSPS) is 13.3. The third-order valence-corrected chi connectivity index (χ3v) is 1.87. The van der Waals surface area contributed by atoms with Crippen molar-refractivity contribution in [1.29, 1.82) is 0 Å². The molecule has 0 aromatic carbocycles. The molecule has 1 rings (SSSR count). The Balaban J connectivity index is 2.79. The summed E-state index contributed by atoms with van der Waals surface area (Å²) < 4.78 is 0. The zero-order chi connectivity index (χ0) is 9.84. The van der Waals surface area contributed by atoms with Crippen LogP contribution in [0.4, 0.5) is 0 Å². The van der Waals surface area contributed by atoms with Crippen LogP contribution in [0.3, 0.4) is 0 Å². The first-order valence-electron chi connectivity index (χ1n) is 4.66. The van der Waals surface area contributed by atoms with Gasteiger partial charge in [-0.2, -0.15) is 0 Å². The fourth-order valence-electron chi connectivity index (χ4n) is 1.17. The molecule has 1 heterocycles. The molecule has 72 valence electrons. The van der Waals surface area contributed by atoms with Crippen LogP contribution in [0.5, 0.6) is 0 Å². The molecule has 1 aromatic rings. The van der Waals surface area contributed by atoms with Gasteiger partial charge in [0.15, 0.2) is 0 Å². The van der Waals surface area contributed by atoms with Gasteiger partial charge >= 0.3 is 0 Å². The van der Waals surface area contributed by atoms with Crippen LogP contribution in [-0.2, 0) is 6.42 Å². The predicted molar refractivity (Wildman–Crippen MR) is 53.5 cm³/mol. The third kappa shape index (κ3) is 3.11. The number of aromatic nitrogens is 2. The van der Waals surface area contributed by atoms with Crippen LogP contribution in [0.25, 0.3) is 0 Å². The highest BCUT2D eigenvalue weighted by atomic mass is 14.8. The number of nitrogens with two attached hydrogens (primary N) is 1. The minimum atomic E-state index is 0.162. The fraction of sp³-hybridized carbons (Fsp3) is 0.600. The average Bonchev–Trinajstić information content (AvgIpc) is 2.03. The molecule has 0 saturated carbocycles. The van der Waals surface area contributed by atoms with Crippen molar-refractivity contribution in [3.8, 4) is 0 Å². The van der Waals surface area contributed by atoms with Crippen molar-refractivity contribution in [3.63, 3.8) is 0 Å². The summed E-state index contributed by atoms with van der Waals surface area (Å²) >= 11 is 0. The summed E-state index contributed by atoms with van der Waals surface area (Å²) in [5.74, 6) is 0.454. The molecular formula is C10H17N3. The smallest absolute Gasteiger partial charge is 0.115 e. The first-order chi connectivity index (χ1) is 6.09. The highest BCUT2D eigenvalue weighted by molar-refractivity contribution is 5.12. The van der Waals surface area contributed by atoms with Crippen molar-refractivity contribution in [2.24, 2.45) is 5.73 Å². The van der Waals surface area contributed by atoms with E-state index < -0.39 is 0 Å². The van der Waals surface area contributed by atoms with E-state index in [1.807, 2.05) is 13.0 Å². The Morgan fingerprint density at radius 2 is 2.00 bits per heavy atom. The van der Waals surface area contributed by atoms with Crippen molar-refractivity contribution in [2.45, 2.75) is 39.2 Å². The Bertz CT molecular complexity index is 269. The Morgan fingerprint density at radius 1 is 1.31 bits per heavy atom. The van der Waals surface area contributed by atoms with Crippen molar-refractivity contribution < 1.29 is 0 Å². The maximum absolute atomic E-state index is 5.69. The van der Waals surface area contributed by atoms with Crippen molar-refractivity contribution in [3.05, 3.63) is 23.8 Å². The van der Waals surface area contributed by atoms with Crippen LogP contribution in [0, 0.1) is 0 Å². The van der Waals surface area contributed by atoms with Gasteiger partial charge in [-0.05, 0) is 18.9 Å². The van der Waals surface area contributed by atoms with E-state index in [0.29, 0.717) is 5.92 Å². The van der Waals surface area contributed by atoms with Crippen LogP contribution < -0.4 is 5.73 Å². The zero-order valence-electron chi connectivity index (χ0n) is 8.49. The maximum atomic E-state index is 5.69. The van der Waals surface area contributed by atoms with Gasteiger partial charge in [0.05, 0.1) is 0 Å². The molecule has 3 nitrogen and oxygen atoms in total. The van der Waals surface area contributed by atoms with Gasteiger partial charge in [0.1, 0.15) is 6.33 Å². The summed E-state index contributed by atoms with van der Waals surface area (Å²) in [6, 6.07) is 2.20. The fourth-order valence-corrected chi connectivity index (χ4v) is 1.17. The van der Waals surface area contributed by atoms with E-state index >= 15 is 0 Å². The van der Waals surface area contributed by atoms with E-state index in [1.54, 1.807) is 6.33 Å². The molecular weight excluding hydrogens is 162 g/mol. The van der Waals surface area contributed by atoms with Gasteiger partial charge in [0, 0.05) is 23.9 Å². The van der Waals surface area contributed by atoms with E-state index in [1.165, 1.54) is 0 Å². The summed E-state index contributed by atoms with van der Waals surface area (Å²) in [5, 5.41) is 0. The lowest BCUT2D eigenvalue weighted by Crippen LogP contribution is -2.18. The van der Waals surface area contributed by atoms with Gasteiger partial charge in [-0.15, -0.1) is 0 Å². The summed E-state index contributed by atoms with van der Waals surface area (Å²) in [4.78, 5) is 8.37. The number of hydrogen-bond acceptors (Lipinski definition) is 3. The average molecular weight is 179 g/mol. The van der Waals surface area contributed by atoms with Crippen molar-refractivity contribution in [1.82, 2.24) is 9.97 Å². The second kappa shape index (κ2) is 4.33. The van der Waals surface area contributed by atoms with Gasteiger partial charge in [0.2, 0.25) is 0 Å². The molecule has 0 fully saturated rings. The summed E-state index contributed by atoms with van der Waals surface area (Å²) in [6.45, 7) is 6.23. The van der Waals surface area contributed by atoms with Gasteiger partial charge in [0.25, 0.3) is 0 Å². The van der Waals surface area contributed by atoms with Gasteiger partial charge < -0.3 is 5.73 Å². The third-order valence-electron chi connectivity index (χ3n) is 1.87. The summed E-state index contributed by atoms with van der Waals surface area (Å²) in [6.07, 6.45) is 2.44. The quantitative estimate of drug-likeness (QED) is 0.764. The first-order valence-corrected chi connectivity index (χ1v) is 4.66. The van der Waals surface area contributed by atoms with Crippen molar-refractivity contribution in [2.75, 3.05) is 0 Å². The van der Waals surface area contributed by atoms with E-state index in [9.17, 15) is 0 Å². The molecule has 1 atom stereocenters. The standard InChI is InChI=1S/C10H17N3/c1-7(2)10-5-9(4-8(3)11)12-6-13-10/h5-8H,4,11H2,1-3H3. The highest BCUT2D eigenvalue weighted by Gasteiger charge is 2.04. The minimum Gasteiger partial charge on any atom is -0.328 e. The first kappa shape index (κ1) is 10.1. The van der Waals surface area contributed by atoms with Gasteiger partial charge in [-0.25, -0.2) is 9.97 Å². The van der Waals surface area contributed by atoms with Crippen LogP contribution in [-0.4, -0.2) is 16.0 Å². The molecule has 0 amide bonds. The molecule has 0 aliphatic heterocycles. The molecule has 1 aromatic heterocycles. The maximum Gasteiger partial charge on any atom is 0.115 e. The molecule has 0 saturated heterocycles. The van der Waals surface area contributed by atoms with Gasteiger partial charge in [-0.1, -0.05) is 13.8 Å². The lowest BCUT2D eigenvalue weighted by molar-refractivity contribution is 0.710. The molecule has 13 heavy (non-hydrogen) atoms. The minimum absolute atomic E-state index is 0.162. The lowest BCUT2D eigenvalue weighted by atomic mass is 10.1. The number of rotatable bonds is 3. The second-order valence-electron chi connectivity index (χ2n) is 3.77. The SMILES string of the molecule is CC(N)Cc1cc(C(C)C)ncn1.